The van der Waals surface area contributed by atoms with Crippen molar-refractivity contribution in [2.24, 2.45) is 0 Å². The first-order chi connectivity index (χ1) is 25.2. The number of hydrogen-bond donors (Lipinski definition) is 2. The van der Waals surface area contributed by atoms with Gasteiger partial charge in [-0.15, -0.1) is 11.3 Å². The van der Waals surface area contributed by atoms with Gasteiger partial charge in [0.1, 0.15) is 28.9 Å². The van der Waals surface area contributed by atoms with E-state index < -0.39 is 40.3 Å². The average Bonchev–Trinajstić information content (AvgIpc) is 3.60. The van der Waals surface area contributed by atoms with Gasteiger partial charge >= 0.3 is 25.8 Å². The topological polar surface area (TPSA) is 271 Å². The zero-order chi connectivity index (χ0) is 38.8. The Balaban J connectivity index is 0.00000756. The number of carboxylic acids is 3. The van der Waals surface area contributed by atoms with Crippen molar-refractivity contribution >= 4 is 76.8 Å². The molecule has 1 saturated heterocycles. The third kappa shape index (κ3) is 18.8. The van der Waals surface area contributed by atoms with Crippen molar-refractivity contribution in [2.75, 3.05) is 78.5 Å². The minimum atomic E-state index is -3.58. The second kappa shape index (κ2) is 25.6. The maximum atomic E-state index is 12.6. The van der Waals surface area contributed by atoms with Crippen molar-refractivity contribution in [3.63, 3.8) is 0 Å². The predicted octanol–water partition coefficient (Wildman–Crippen LogP) is -3.28. The Kier molecular flexibility index (Phi) is 23.0. The maximum Gasteiger partial charge on any atom is 3.00 e. The molecule has 3 N–H and O–H groups in total. The number of Topliss-reactive ketones (excluding diaryl/α,β-unsaturated/α-hetero) is 1. The van der Waals surface area contributed by atoms with Crippen LogP contribution in [0.15, 0.2) is 40.7 Å². The van der Waals surface area contributed by atoms with Gasteiger partial charge in [-0.05, 0) is 30.5 Å². The fourth-order valence-electron chi connectivity index (χ4n) is 5.86. The third-order valence-corrected chi connectivity index (χ3v) is 11.3. The van der Waals surface area contributed by atoms with E-state index in [4.69, 9.17) is 0 Å². The SMILES string of the molecule is O=CCN1CCN(CC(=O)[O-])CCN(CC(=O)[O-])CCN(C(CCCNC(=O)CCC(=O)Cc2ccc(S(=O)(=O)Cc3nccs3)cc2)C(=O)O)CC1.[Ga+3].[OH-]. The van der Waals surface area contributed by atoms with Crippen LogP contribution in [0.5, 0.6) is 0 Å². The number of carboxylic acid groups (broad SMARTS) is 3. The van der Waals surface area contributed by atoms with Gasteiger partial charge in [0.25, 0.3) is 0 Å². The zero-order valence-electron chi connectivity index (χ0n) is 30.5. The Bertz CT molecular complexity index is 1630. The number of aliphatic carboxylic acids is 3. The standard InChI is InChI=1S/C34H48N6O11S2.Ga.H2O/c41-20-19-37-11-12-38(23-32(44)45)13-14-39(24-33(46)47)16-18-40(17-15-37)29(34(48)49)2-1-9-35-30(43)8-5-27(42)22-26-3-6-28(7-4-26)53(50,51)25-31-36-10-21-52-31;;/h3-4,6-7,10,20-21,29H,1-2,5,8-9,11-19,22-25H2,(H,35,43)(H,44,45)(H,46,47)(H,48,49);;1H2/q;+3;/p-3. The van der Waals surface area contributed by atoms with Gasteiger partial charge in [-0.3, -0.25) is 34.0 Å². The molecule has 0 aliphatic carbocycles. The van der Waals surface area contributed by atoms with Crippen LogP contribution in [0.2, 0.25) is 0 Å². The Morgan fingerprint density at radius 3 is 1.98 bits per heavy atom. The summed E-state index contributed by atoms with van der Waals surface area (Å²) >= 11 is 1.25. The number of ketones is 1. The molecule has 1 fully saturated rings. The average molecular weight is 866 g/mol. The number of amides is 1. The molecule has 21 heteroatoms. The number of hydrogen-bond acceptors (Lipinski definition) is 17. The number of nitrogens with zero attached hydrogens (tertiary/aromatic N) is 5. The summed E-state index contributed by atoms with van der Waals surface area (Å²) in [6.07, 6.45) is 2.61. The molecule has 55 heavy (non-hydrogen) atoms. The number of carbonyl (C=O) groups is 6. The molecule has 0 bridgehead atoms. The van der Waals surface area contributed by atoms with Gasteiger partial charge < -0.3 is 40.5 Å². The van der Waals surface area contributed by atoms with Crippen LogP contribution in [0, 0.1) is 0 Å². The Labute approximate surface area is 337 Å². The van der Waals surface area contributed by atoms with Crippen molar-refractivity contribution in [2.45, 2.75) is 48.8 Å². The van der Waals surface area contributed by atoms with Gasteiger partial charge in [-0.1, -0.05) is 12.1 Å². The molecule has 2 heterocycles. The number of sulfone groups is 1. The molecular weight excluding hydrogens is 818 g/mol. The molecule has 1 aliphatic heterocycles. The summed E-state index contributed by atoms with van der Waals surface area (Å²) in [5.74, 6) is -4.52. The van der Waals surface area contributed by atoms with Crippen molar-refractivity contribution in [1.82, 2.24) is 29.9 Å². The first kappa shape index (κ1) is 49.5. The summed E-state index contributed by atoms with van der Waals surface area (Å²) in [5, 5.41) is 37.7. The zero-order valence-corrected chi connectivity index (χ0v) is 34.5. The number of rotatable bonds is 20. The van der Waals surface area contributed by atoms with Crippen LogP contribution in [0.4, 0.5) is 0 Å². The summed E-state index contributed by atoms with van der Waals surface area (Å²) in [6, 6.07) is 5.04. The summed E-state index contributed by atoms with van der Waals surface area (Å²) < 4.78 is 25.3. The molecule has 0 spiro atoms. The largest absolute Gasteiger partial charge is 3.00 e. The molecule has 1 unspecified atom stereocenters. The third-order valence-electron chi connectivity index (χ3n) is 8.72. The van der Waals surface area contributed by atoms with Gasteiger partial charge in [0.2, 0.25) is 5.91 Å². The smallest absolute Gasteiger partial charge is 0.870 e. The molecule has 2 aromatic rings. The fraction of sp³-hybridized carbons (Fsp3) is 0.559. The van der Waals surface area contributed by atoms with E-state index >= 15 is 0 Å². The number of benzene rings is 1. The number of carbonyl (C=O) groups excluding carboxylic acids is 5. The minimum Gasteiger partial charge on any atom is -0.870 e. The fourth-order valence-corrected chi connectivity index (χ4v) is 8.12. The predicted molar refractivity (Wildman–Crippen MR) is 196 cm³/mol. The first-order valence-electron chi connectivity index (χ1n) is 17.2. The van der Waals surface area contributed by atoms with E-state index in [1.807, 2.05) is 0 Å². The van der Waals surface area contributed by atoms with Gasteiger partial charge in [-0.2, -0.15) is 0 Å². The van der Waals surface area contributed by atoms with Gasteiger partial charge in [0.15, 0.2) is 9.84 Å². The molecule has 0 saturated carbocycles. The monoisotopic (exact) mass is 864 g/mol. The number of aldehydes is 1. The molecule has 1 aromatic heterocycles. The van der Waals surface area contributed by atoms with E-state index in [0.717, 1.165) is 0 Å². The first-order valence-corrected chi connectivity index (χ1v) is 19.7. The van der Waals surface area contributed by atoms with Gasteiger partial charge in [-0.25, -0.2) is 13.4 Å². The molecule has 0 radical (unpaired) electrons. The summed E-state index contributed by atoms with van der Waals surface area (Å²) in [5.41, 5.74) is 0.611. The van der Waals surface area contributed by atoms with Gasteiger partial charge in [0.05, 0.1) is 23.4 Å². The summed E-state index contributed by atoms with van der Waals surface area (Å²) in [6.45, 7) is 1.23. The Hall–Kier alpha value is -3.54. The number of thiazole rings is 1. The van der Waals surface area contributed by atoms with Crippen LogP contribution < -0.4 is 15.5 Å². The van der Waals surface area contributed by atoms with E-state index in [-0.39, 0.29) is 132 Å². The van der Waals surface area contributed by atoms with Crippen LogP contribution >= 0.6 is 11.3 Å². The molecule has 1 aliphatic rings. The molecule has 1 atom stereocenters. The number of nitrogens with one attached hydrogen (secondary N) is 1. The van der Waals surface area contributed by atoms with Crippen LogP contribution in [0.3, 0.4) is 0 Å². The Morgan fingerprint density at radius 2 is 1.45 bits per heavy atom. The second-order valence-electron chi connectivity index (χ2n) is 12.7. The maximum absolute atomic E-state index is 12.6. The number of aromatic nitrogens is 1. The molecule has 1 aromatic carbocycles. The molecular formula is C34H47GaN6O12S2. The van der Waals surface area contributed by atoms with Gasteiger partial charge in [0, 0.05) is 103 Å². The molecule has 3 rings (SSSR count). The normalized spacial score (nSPS) is 15.9. The van der Waals surface area contributed by atoms with Crippen molar-refractivity contribution < 1.29 is 58.0 Å². The van der Waals surface area contributed by atoms with E-state index in [1.165, 1.54) is 29.7 Å². The van der Waals surface area contributed by atoms with Crippen LogP contribution in [0.1, 0.15) is 36.3 Å². The van der Waals surface area contributed by atoms with E-state index in [9.17, 15) is 52.5 Å². The van der Waals surface area contributed by atoms with Crippen LogP contribution in [0.25, 0.3) is 0 Å². The minimum absolute atomic E-state index is 0. The van der Waals surface area contributed by atoms with E-state index in [0.29, 0.717) is 36.4 Å². The molecule has 300 valence electrons. The van der Waals surface area contributed by atoms with Crippen molar-refractivity contribution in [3.05, 3.63) is 46.4 Å². The molecule has 1 amide bonds. The Morgan fingerprint density at radius 1 is 0.891 bits per heavy atom. The summed E-state index contributed by atoms with van der Waals surface area (Å²) in [7, 11) is -3.58. The quantitative estimate of drug-likeness (QED) is 0.0751. The van der Waals surface area contributed by atoms with Crippen molar-refractivity contribution in [1.29, 1.82) is 0 Å². The van der Waals surface area contributed by atoms with Crippen LogP contribution in [-0.4, -0.2) is 184 Å². The second-order valence-corrected chi connectivity index (χ2v) is 15.7. The van der Waals surface area contributed by atoms with E-state index in [1.54, 1.807) is 37.1 Å². The molecule has 18 nitrogen and oxygen atoms in total. The summed E-state index contributed by atoms with van der Waals surface area (Å²) in [4.78, 5) is 82.3. The van der Waals surface area contributed by atoms with Crippen LogP contribution in [-0.2, 0) is 50.8 Å². The van der Waals surface area contributed by atoms with E-state index in [2.05, 4.69) is 10.3 Å². The van der Waals surface area contributed by atoms with Crippen molar-refractivity contribution in [3.8, 4) is 0 Å².